The van der Waals surface area contributed by atoms with Crippen LogP contribution in [0.15, 0.2) is 138 Å². The van der Waals surface area contributed by atoms with Gasteiger partial charge in [0.25, 0.3) is 0 Å². The van der Waals surface area contributed by atoms with Crippen LogP contribution >= 0.6 is 15.9 Å². The first-order valence-electron chi connectivity index (χ1n) is 16.6. The van der Waals surface area contributed by atoms with Gasteiger partial charge >= 0.3 is 7.12 Å². The number of nitrogens with zero attached hydrogens (tertiary/aromatic N) is 2. The monoisotopic (exact) mass is 698 g/mol. The maximum Gasteiger partial charge on any atom is 0.488 e. The fourth-order valence-corrected chi connectivity index (χ4v) is 5.66. The van der Waals surface area contributed by atoms with E-state index in [0.29, 0.717) is 5.46 Å². The highest BCUT2D eigenvalue weighted by Crippen LogP contribution is 2.27. The number of benzene rings is 4. The fraction of sp³-hybridized carbons (Fsp3) is 0.190. The van der Waals surface area contributed by atoms with Crippen molar-refractivity contribution in [2.24, 2.45) is 0 Å². The van der Waals surface area contributed by atoms with Gasteiger partial charge in [0.1, 0.15) is 0 Å². The van der Waals surface area contributed by atoms with Crippen molar-refractivity contribution in [3.63, 3.8) is 0 Å². The summed E-state index contributed by atoms with van der Waals surface area (Å²) in [5, 5.41) is 18.0. The van der Waals surface area contributed by atoms with Crippen molar-refractivity contribution >= 4 is 28.5 Å². The highest BCUT2D eigenvalue weighted by Gasteiger charge is 2.12. The van der Waals surface area contributed by atoms with Crippen molar-refractivity contribution in [2.75, 3.05) is 0 Å². The molecule has 0 aliphatic rings. The first-order chi connectivity index (χ1) is 23.3. The molecule has 0 radical (unpaired) electrons. The van der Waals surface area contributed by atoms with Gasteiger partial charge in [-0.15, -0.1) is 0 Å². The van der Waals surface area contributed by atoms with Crippen LogP contribution in [0.2, 0.25) is 0 Å². The molecule has 244 valence electrons. The van der Waals surface area contributed by atoms with Crippen molar-refractivity contribution in [3.05, 3.63) is 160 Å². The molecule has 0 amide bonds. The Morgan fingerprint density at radius 1 is 0.479 bits per heavy atom. The van der Waals surface area contributed by atoms with Crippen molar-refractivity contribution in [2.45, 2.75) is 53.4 Å². The van der Waals surface area contributed by atoms with E-state index in [1.165, 1.54) is 22.3 Å². The van der Waals surface area contributed by atoms with E-state index in [9.17, 15) is 0 Å². The number of pyridine rings is 2. The van der Waals surface area contributed by atoms with E-state index < -0.39 is 7.12 Å². The molecule has 48 heavy (non-hydrogen) atoms. The van der Waals surface area contributed by atoms with Crippen LogP contribution in [0.3, 0.4) is 0 Å². The molecule has 4 aromatic carbocycles. The molecular formula is C42H44BBrN2O2. The second-order valence-electron chi connectivity index (χ2n) is 11.4. The normalized spacial score (nSPS) is 10.3. The summed E-state index contributed by atoms with van der Waals surface area (Å²) < 4.78 is 1.08. The number of halogens is 1. The van der Waals surface area contributed by atoms with E-state index >= 15 is 0 Å². The minimum Gasteiger partial charge on any atom is -0.423 e. The first-order valence-corrected chi connectivity index (χ1v) is 17.4. The Bertz CT molecular complexity index is 1820. The maximum atomic E-state index is 9.02. The molecule has 0 unspecified atom stereocenters. The number of rotatable bonds is 8. The molecule has 2 aromatic heterocycles. The zero-order valence-corrected chi connectivity index (χ0v) is 29.9. The minimum absolute atomic E-state index is 0.594. The van der Waals surface area contributed by atoms with Crippen LogP contribution in [0.5, 0.6) is 0 Å². The molecule has 6 heteroatoms. The Kier molecular flexibility index (Phi) is 14.3. The number of hydrogen-bond donors (Lipinski definition) is 2. The molecule has 0 saturated carbocycles. The quantitative estimate of drug-likeness (QED) is 0.155. The summed E-state index contributed by atoms with van der Waals surface area (Å²) in [4.78, 5) is 8.72. The molecular weight excluding hydrogens is 655 g/mol. The molecule has 6 rings (SSSR count). The van der Waals surface area contributed by atoms with Gasteiger partial charge < -0.3 is 10.0 Å². The van der Waals surface area contributed by atoms with E-state index in [1.54, 1.807) is 6.20 Å². The summed E-state index contributed by atoms with van der Waals surface area (Å²) in [6.07, 6.45) is 7.63. The molecule has 0 saturated heterocycles. The molecule has 0 aliphatic carbocycles. The SMILES string of the molecule is Brc1cccc(-c2ccccn2)c1.CCc1cc(CC)cc(-c2cccc(-c3ccccn3)c2)c1.CCc1cc(CC)cc(B(O)O)c1. The summed E-state index contributed by atoms with van der Waals surface area (Å²) in [6, 6.07) is 41.4. The second kappa shape index (κ2) is 18.8. The lowest BCUT2D eigenvalue weighted by atomic mass is 9.78. The van der Waals surface area contributed by atoms with Crippen LogP contribution in [0.1, 0.15) is 49.9 Å². The lowest BCUT2D eigenvalue weighted by Crippen LogP contribution is -2.30. The summed E-state index contributed by atoms with van der Waals surface area (Å²) in [6.45, 7) is 8.54. The highest BCUT2D eigenvalue weighted by molar-refractivity contribution is 9.10. The average molecular weight is 700 g/mol. The minimum atomic E-state index is -1.35. The van der Waals surface area contributed by atoms with Gasteiger partial charge in [-0.05, 0) is 107 Å². The third kappa shape index (κ3) is 10.8. The van der Waals surface area contributed by atoms with Crippen molar-refractivity contribution in [3.8, 4) is 33.6 Å². The van der Waals surface area contributed by atoms with Gasteiger partial charge in [0.15, 0.2) is 0 Å². The molecule has 6 aromatic rings. The largest absolute Gasteiger partial charge is 0.488 e. The first kappa shape index (κ1) is 36.5. The van der Waals surface area contributed by atoms with Crippen LogP contribution in [0.4, 0.5) is 0 Å². The lowest BCUT2D eigenvalue weighted by Gasteiger charge is -2.09. The van der Waals surface area contributed by atoms with Crippen LogP contribution in [0, 0.1) is 0 Å². The summed E-state index contributed by atoms with van der Waals surface area (Å²) in [5.74, 6) is 0. The maximum absolute atomic E-state index is 9.02. The molecule has 0 spiro atoms. The van der Waals surface area contributed by atoms with Crippen molar-refractivity contribution in [1.82, 2.24) is 9.97 Å². The lowest BCUT2D eigenvalue weighted by molar-refractivity contribution is 0.425. The van der Waals surface area contributed by atoms with Crippen LogP contribution in [-0.4, -0.2) is 27.1 Å². The molecule has 0 bridgehead atoms. The molecule has 0 aliphatic heterocycles. The highest BCUT2D eigenvalue weighted by atomic mass is 79.9. The summed E-state index contributed by atoms with van der Waals surface area (Å²) in [7, 11) is -1.35. The van der Waals surface area contributed by atoms with E-state index in [1.807, 2.05) is 66.9 Å². The van der Waals surface area contributed by atoms with Crippen LogP contribution in [-0.2, 0) is 25.7 Å². The summed E-state index contributed by atoms with van der Waals surface area (Å²) >= 11 is 3.43. The van der Waals surface area contributed by atoms with E-state index in [2.05, 4.69) is 114 Å². The van der Waals surface area contributed by atoms with Gasteiger partial charge in [-0.25, -0.2) is 0 Å². The Balaban J connectivity index is 0.000000173. The Hall–Kier alpha value is -4.36. The van der Waals surface area contributed by atoms with Crippen molar-refractivity contribution in [1.29, 1.82) is 0 Å². The smallest absolute Gasteiger partial charge is 0.423 e. The predicted octanol–water partition coefficient (Wildman–Crippen LogP) is 9.54. The van der Waals surface area contributed by atoms with E-state index in [4.69, 9.17) is 10.0 Å². The fourth-order valence-electron chi connectivity index (χ4n) is 5.26. The number of aryl methyl sites for hydroxylation is 4. The van der Waals surface area contributed by atoms with Gasteiger partial charge in [-0.1, -0.05) is 122 Å². The zero-order valence-electron chi connectivity index (χ0n) is 28.3. The van der Waals surface area contributed by atoms with Crippen molar-refractivity contribution < 1.29 is 10.0 Å². The van der Waals surface area contributed by atoms with Gasteiger partial charge in [0, 0.05) is 28.0 Å². The Morgan fingerprint density at radius 2 is 0.938 bits per heavy atom. The summed E-state index contributed by atoms with van der Waals surface area (Å²) in [5.41, 5.74) is 12.6. The number of aromatic nitrogens is 2. The number of hydrogen-bond acceptors (Lipinski definition) is 4. The predicted molar refractivity (Wildman–Crippen MR) is 206 cm³/mol. The van der Waals surface area contributed by atoms with Gasteiger partial charge in [0.05, 0.1) is 11.4 Å². The molecule has 2 heterocycles. The molecule has 0 atom stereocenters. The second-order valence-corrected chi connectivity index (χ2v) is 12.3. The van der Waals surface area contributed by atoms with Crippen LogP contribution in [0.25, 0.3) is 33.6 Å². The topological polar surface area (TPSA) is 66.2 Å². The van der Waals surface area contributed by atoms with Gasteiger partial charge in [-0.2, -0.15) is 0 Å². The molecule has 0 fully saturated rings. The average Bonchev–Trinajstić information content (AvgIpc) is 3.15. The third-order valence-corrected chi connectivity index (χ3v) is 8.49. The standard InChI is InChI=1S/C21H21N.C11H8BrN.C10H15BO2/c1-3-16-12-17(4-2)14-20(13-16)18-8-7-9-19(15-18)21-10-5-6-11-22-21;12-10-5-3-4-9(8-10)11-6-1-2-7-13-11;1-3-8-5-9(4-2)7-10(6-8)11(12)13/h5-15H,3-4H2,1-2H3;1-8H;5-7,12-13H,3-4H2,1-2H3. The Labute approximate surface area is 294 Å². The molecule has 4 nitrogen and oxygen atoms in total. The van der Waals surface area contributed by atoms with Gasteiger partial charge in [0.2, 0.25) is 0 Å². The van der Waals surface area contributed by atoms with E-state index in [-0.39, 0.29) is 0 Å². The van der Waals surface area contributed by atoms with Crippen LogP contribution < -0.4 is 5.46 Å². The zero-order chi connectivity index (χ0) is 34.3. The molecule has 2 N–H and O–H groups in total. The van der Waals surface area contributed by atoms with E-state index in [0.717, 1.165) is 63.8 Å². The van der Waals surface area contributed by atoms with Gasteiger partial charge in [-0.3, -0.25) is 9.97 Å². The Morgan fingerprint density at radius 3 is 1.38 bits per heavy atom. The third-order valence-electron chi connectivity index (χ3n) is 8.00.